The van der Waals surface area contributed by atoms with E-state index in [-0.39, 0.29) is 0 Å². The van der Waals surface area contributed by atoms with E-state index in [0.717, 1.165) is 12.1 Å². The molecule has 0 aliphatic rings. The fourth-order valence-electron chi connectivity index (χ4n) is 1.59. The van der Waals surface area contributed by atoms with Crippen molar-refractivity contribution in [2.75, 3.05) is 5.73 Å². The van der Waals surface area contributed by atoms with Crippen molar-refractivity contribution in [1.29, 1.82) is 0 Å². The molecule has 90 valence electrons. The quantitative estimate of drug-likeness (QED) is 0.912. The summed E-state index contributed by atoms with van der Waals surface area (Å²) in [5.41, 5.74) is 7.35. The largest absolute Gasteiger partial charge is 0.436 e. The maximum atomic E-state index is 6.02. The molecule has 4 nitrogen and oxygen atoms in total. The van der Waals surface area contributed by atoms with Gasteiger partial charge in [0.1, 0.15) is 11.4 Å². The van der Waals surface area contributed by atoms with Crippen molar-refractivity contribution in [2.24, 2.45) is 7.05 Å². The number of aryl methyl sites for hydroxylation is 2. The van der Waals surface area contributed by atoms with Crippen LogP contribution in [0.3, 0.4) is 0 Å². The smallest absolute Gasteiger partial charge is 0.241 e. The minimum absolute atomic E-state index is 0.523. The Labute approximate surface area is 105 Å². The molecular formula is C12H14ClN3O. The highest BCUT2D eigenvalue weighted by atomic mass is 35.5. The first-order valence-electron chi connectivity index (χ1n) is 5.37. The summed E-state index contributed by atoms with van der Waals surface area (Å²) in [6, 6.07) is 7.26. The zero-order valence-corrected chi connectivity index (χ0v) is 10.5. The summed E-state index contributed by atoms with van der Waals surface area (Å²) in [6.07, 6.45) is 0.769. The molecule has 0 bridgehead atoms. The lowest BCUT2D eigenvalue weighted by molar-refractivity contribution is 0.432. The summed E-state index contributed by atoms with van der Waals surface area (Å²) in [4.78, 5) is 0. The van der Waals surface area contributed by atoms with Crippen molar-refractivity contribution < 1.29 is 4.74 Å². The van der Waals surface area contributed by atoms with E-state index in [9.17, 15) is 0 Å². The van der Waals surface area contributed by atoms with Crippen molar-refractivity contribution in [3.05, 3.63) is 35.0 Å². The van der Waals surface area contributed by atoms with Crippen molar-refractivity contribution in [1.82, 2.24) is 9.78 Å². The Kier molecular flexibility index (Phi) is 3.24. The standard InChI is InChI=1S/C12H14ClN3O/c1-3-9-11(14)12(16(2)15-9)17-10-7-5-4-6-8(10)13/h4-7H,3,14H2,1-2H3. The monoisotopic (exact) mass is 251 g/mol. The number of nitrogens with two attached hydrogens (primary N) is 1. The molecule has 1 aromatic carbocycles. The van der Waals surface area contributed by atoms with Gasteiger partial charge in [0.2, 0.25) is 5.88 Å². The highest BCUT2D eigenvalue weighted by molar-refractivity contribution is 6.32. The molecule has 0 saturated heterocycles. The number of ether oxygens (including phenoxy) is 1. The number of halogens is 1. The number of para-hydroxylation sites is 1. The molecule has 0 amide bonds. The molecule has 17 heavy (non-hydrogen) atoms. The number of nitrogen functional groups attached to an aromatic ring is 1. The van der Waals surface area contributed by atoms with Crippen LogP contribution in [0, 0.1) is 0 Å². The maximum Gasteiger partial charge on any atom is 0.241 e. The molecule has 0 atom stereocenters. The SMILES string of the molecule is CCc1nn(C)c(Oc2ccccc2Cl)c1N. The van der Waals surface area contributed by atoms with Crippen LogP contribution in [0.15, 0.2) is 24.3 Å². The van der Waals surface area contributed by atoms with Gasteiger partial charge in [-0.15, -0.1) is 0 Å². The minimum Gasteiger partial charge on any atom is -0.436 e. The van der Waals surface area contributed by atoms with Crippen LogP contribution in [0.1, 0.15) is 12.6 Å². The number of rotatable bonds is 3. The van der Waals surface area contributed by atoms with Gasteiger partial charge >= 0.3 is 0 Å². The van der Waals surface area contributed by atoms with Gasteiger partial charge < -0.3 is 10.5 Å². The van der Waals surface area contributed by atoms with Gasteiger partial charge in [0, 0.05) is 7.05 Å². The molecule has 5 heteroatoms. The number of nitrogens with zero attached hydrogens (tertiary/aromatic N) is 2. The summed E-state index contributed by atoms with van der Waals surface area (Å²) >= 11 is 6.02. The third-order valence-corrected chi connectivity index (χ3v) is 2.80. The third-order valence-electron chi connectivity index (χ3n) is 2.48. The highest BCUT2D eigenvalue weighted by Gasteiger charge is 2.14. The first-order valence-corrected chi connectivity index (χ1v) is 5.75. The predicted octanol–water partition coefficient (Wildman–Crippen LogP) is 3.01. The molecule has 0 fully saturated rings. The van der Waals surface area contributed by atoms with E-state index in [2.05, 4.69) is 5.10 Å². The van der Waals surface area contributed by atoms with Gasteiger partial charge in [0.25, 0.3) is 0 Å². The Morgan fingerprint density at radius 1 is 1.41 bits per heavy atom. The zero-order chi connectivity index (χ0) is 12.4. The summed E-state index contributed by atoms with van der Waals surface area (Å²) in [6.45, 7) is 2.00. The second-order valence-electron chi connectivity index (χ2n) is 3.68. The van der Waals surface area contributed by atoms with Crippen LogP contribution in [-0.4, -0.2) is 9.78 Å². The number of aromatic nitrogens is 2. The van der Waals surface area contributed by atoms with Gasteiger partial charge in [-0.2, -0.15) is 5.10 Å². The van der Waals surface area contributed by atoms with Crippen molar-refractivity contribution in [3.63, 3.8) is 0 Å². The molecule has 1 heterocycles. The Hall–Kier alpha value is -1.68. The van der Waals surface area contributed by atoms with Crippen LogP contribution in [-0.2, 0) is 13.5 Å². The predicted molar refractivity (Wildman–Crippen MR) is 68.5 cm³/mol. The lowest BCUT2D eigenvalue weighted by atomic mass is 10.3. The van der Waals surface area contributed by atoms with Crippen LogP contribution < -0.4 is 10.5 Å². The number of hydrogen-bond donors (Lipinski definition) is 1. The number of hydrogen-bond acceptors (Lipinski definition) is 3. The second kappa shape index (κ2) is 4.67. The summed E-state index contributed by atoms with van der Waals surface area (Å²) in [5.74, 6) is 1.10. The molecule has 2 N–H and O–H groups in total. The molecule has 2 rings (SSSR count). The van der Waals surface area contributed by atoms with Crippen molar-refractivity contribution >= 4 is 17.3 Å². The van der Waals surface area contributed by atoms with Crippen LogP contribution >= 0.6 is 11.6 Å². The topological polar surface area (TPSA) is 53.1 Å². The van der Waals surface area contributed by atoms with E-state index < -0.39 is 0 Å². The van der Waals surface area contributed by atoms with Gasteiger partial charge in [-0.25, -0.2) is 4.68 Å². The van der Waals surface area contributed by atoms with Gasteiger partial charge in [-0.05, 0) is 18.6 Å². The van der Waals surface area contributed by atoms with Gasteiger partial charge in [0.05, 0.1) is 10.7 Å². The maximum absolute atomic E-state index is 6.02. The Morgan fingerprint density at radius 2 is 2.12 bits per heavy atom. The highest BCUT2D eigenvalue weighted by Crippen LogP contribution is 2.33. The van der Waals surface area contributed by atoms with E-state index in [1.165, 1.54) is 0 Å². The molecule has 0 aliphatic heterocycles. The van der Waals surface area contributed by atoms with Crippen LogP contribution in [0.2, 0.25) is 5.02 Å². The van der Waals surface area contributed by atoms with Crippen molar-refractivity contribution in [2.45, 2.75) is 13.3 Å². The van der Waals surface area contributed by atoms with Gasteiger partial charge in [-0.1, -0.05) is 30.7 Å². The van der Waals surface area contributed by atoms with E-state index in [0.29, 0.717) is 22.3 Å². The summed E-state index contributed by atoms with van der Waals surface area (Å²) in [5, 5.41) is 4.83. The summed E-state index contributed by atoms with van der Waals surface area (Å²) in [7, 11) is 1.79. The number of anilines is 1. The molecule has 0 unspecified atom stereocenters. The molecule has 0 aliphatic carbocycles. The van der Waals surface area contributed by atoms with Crippen molar-refractivity contribution in [3.8, 4) is 11.6 Å². The van der Waals surface area contributed by atoms with E-state index >= 15 is 0 Å². The van der Waals surface area contributed by atoms with E-state index in [1.807, 2.05) is 19.1 Å². The van der Waals surface area contributed by atoms with Crippen LogP contribution in [0.25, 0.3) is 0 Å². The molecule has 0 radical (unpaired) electrons. The summed E-state index contributed by atoms with van der Waals surface area (Å²) < 4.78 is 7.32. The Bertz CT molecular complexity index is 537. The van der Waals surface area contributed by atoms with E-state index in [4.69, 9.17) is 22.1 Å². The molecular weight excluding hydrogens is 238 g/mol. The fourth-order valence-corrected chi connectivity index (χ4v) is 1.77. The first kappa shape index (κ1) is 11.8. The third kappa shape index (κ3) is 2.22. The average molecular weight is 252 g/mol. The van der Waals surface area contributed by atoms with Gasteiger partial charge in [0.15, 0.2) is 0 Å². The van der Waals surface area contributed by atoms with Gasteiger partial charge in [-0.3, -0.25) is 0 Å². The molecule has 0 spiro atoms. The number of benzene rings is 1. The average Bonchev–Trinajstić information content (AvgIpc) is 2.59. The van der Waals surface area contributed by atoms with E-state index in [1.54, 1.807) is 23.9 Å². The zero-order valence-electron chi connectivity index (χ0n) is 9.77. The normalized spacial score (nSPS) is 10.5. The molecule has 1 aromatic heterocycles. The molecule has 0 saturated carbocycles. The lowest BCUT2D eigenvalue weighted by Crippen LogP contribution is -1.97. The van der Waals surface area contributed by atoms with Crippen LogP contribution in [0.4, 0.5) is 5.69 Å². The van der Waals surface area contributed by atoms with Crippen LogP contribution in [0.5, 0.6) is 11.6 Å². The Balaban J connectivity index is 2.37. The fraction of sp³-hybridized carbons (Fsp3) is 0.250. The minimum atomic E-state index is 0.523. The first-order chi connectivity index (χ1) is 8.13. The lowest BCUT2D eigenvalue weighted by Gasteiger charge is -2.07. The Morgan fingerprint density at radius 3 is 2.71 bits per heavy atom. The molecule has 2 aromatic rings. The second-order valence-corrected chi connectivity index (χ2v) is 4.08.